The molecule has 4 N–H and O–H groups in total. The van der Waals surface area contributed by atoms with Gasteiger partial charge in [0.05, 0.1) is 0 Å². The number of esters is 1. The van der Waals surface area contributed by atoms with Crippen molar-refractivity contribution in [2.45, 2.75) is 0 Å². The summed E-state index contributed by atoms with van der Waals surface area (Å²) in [4.78, 5) is 11.1. The van der Waals surface area contributed by atoms with Gasteiger partial charge >= 0.3 is 5.97 Å². The van der Waals surface area contributed by atoms with E-state index in [2.05, 4.69) is 6.58 Å². The Labute approximate surface area is 182 Å². The van der Waals surface area contributed by atoms with E-state index in [1.807, 2.05) is 91.0 Å². The maximum atomic E-state index is 11.1. The molecule has 0 heterocycles. The molecular formula is C27H24N2O2. The van der Waals surface area contributed by atoms with Gasteiger partial charge in [0.2, 0.25) is 0 Å². The van der Waals surface area contributed by atoms with Crippen molar-refractivity contribution in [3.63, 3.8) is 0 Å². The molecule has 0 fully saturated rings. The first kappa shape index (κ1) is 21.4. The van der Waals surface area contributed by atoms with Crippen LogP contribution in [0.4, 0.5) is 11.4 Å². The molecular weight excluding hydrogens is 384 g/mol. The average Bonchev–Trinajstić information content (AvgIpc) is 2.81. The largest absolute Gasteiger partial charge is 0.423 e. The van der Waals surface area contributed by atoms with E-state index in [1.54, 1.807) is 12.1 Å². The molecule has 0 unspecified atom stereocenters. The maximum absolute atomic E-state index is 11.1. The van der Waals surface area contributed by atoms with Crippen LogP contribution < -0.4 is 16.2 Å². The highest BCUT2D eigenvalue weighted by molar-refractivity contribution is 5.92. The van der Waals surface area contributed by atoms with Gasteiger partial charge in [-0.15, -0.1) is 0 Å². The zero-order chi connectivity index (χ0) is 22.1. The van der Waals surface area contributed by atoms with Gasteiger partial charge in [-0.1, -0.05) is 85.5 Å². The van der Waals surface area contributed by atoms with Crippen LogP contribution in [0.5, 0.6) is 5.75 Å². The monoisotopic (exact) mass is 408 g/mol. The highest BCUT2D eigenvalue weighted by atomic mass is 16.5. The number of hydrogen-bond donors (Lipinski definition) is 2. The van der Waals surface area contributed by atoms with Crippen LogP contribution in [-0.2, 0) is 4.79 Å². The van der Waals surface area contributed by atoms with Gasteiger partial charge in [-0.25, -0.2) is 4.79 Å². The van der Waals surface area contributed by atoms with Crippen LogP contribution >= 0.6 is 0 Å². The van der Waals surface area contributed by atoms with E-state index >= 15 is 0 Å². The summed E-state index contributed by atoms with van der Waals surface area (Å²) >= 11 is 0. The van der Waals surface area contributed by atoms with Crippen molar-refractivity contribution in [1.82, 2.24) is 0 Å². The Kier molecular flexibility index (Phi) is 7.22. The van der Waals surface area contributed by atoms with Crippen LogP contribution in [0.3, 0.4) is 0 Å². The molecule has 4 rings (SSSR count). The van der Waals surface area contributed by atoms with Crippen LogP contribution in [0.15, 0.2) is 104 Å². The predicted molar refractivity (Wildman–Crippen MR) is 130 cm³/mol. The normalized spacial score (nSPS) is 10.3. The number of nitrogen functional groups attached to an aromatic ring is 2. The van der Waals surface area contributed by atoms with Crippen LogP contribution in [0.1, 0.15) is 11.1 Å². The van der Waals surface area contributed by atoms with Crippen molar-refractivity contribution in [2.24, 2.45) is 0 Å². The molecule has 4 heteroatoms. The van der Waals surface area contributed by atoms with Gasteiger partial charge in [0.15, 0.2) is 0 Å². The molecule has 0 aliphatic rings. The second-order valence-electron chi connectivity index (χ2n) is 6.73. The van der Waals surface area contributed by atoms with Crippen LogP contribution in [0.25, 0.3) is 22.9 Å². The molecule has 0 saturated heterocycles. The maximum Gasteiger partial charge on any atom is 0.335 e. The minimum absolute atomic E-state index is 0.439. The van der Waals surface area contributed by atoms with Gasteiger partial charge in [0.25, 0.3) is 0 Å². The molecule has 0 bridgehead atoms. The topological polar surface area (TPSA) is 78.3 Å². The van der Waals surface area contributed by atoms with E-state index in [9.17, 15) is 4.79 Å². The van der Waals surface area contributed by atoms with Crippen LogP contribution in [-0.4, -0.2) is 5.97 Å². The molecule has 0 aliphatic carbocycles. The van der Waals surface area contributed by atoms with Crippen molar-refractivity contribution in [3.8, 4) is 5.75 Å². The third-order valence-corrected chi connectivity index (χ3v) is 4.49. The fraction of sp³-hybridized carbons (Fsp3) is 0. The smallest absolute Gasteiger partial charge is 0.335 e. The number of carbonyl (C=O) groups is 1. The van der Waals surface area contributed by atoms with Crippen molar-refractivity contribution in [3.05, 3.63) is 115 Å². The van der Waals surface area contributed by atoms with E-state index in [1.165, 1.54) is 0 Å². The van der Waals surface area contributed by atoms with E-state index in [4.69, 9.17) is 16.2 Å². The number of fused-ring (bicyclic) bond motifs is 1. The average molecular weight is 409 g/mol. The highest BCUT2D eigenvalue weighted by Gasteiger charge is 2.03. The molecule has 0 aromatic heterocycles. The molecule has 0 saturated carbocycles. The number of nitrogens with two attached hydrogens (primary N) is 2. The standard InChI is InChI=1S/C14H14N2.C13H10O2/c15-13-8-9-14(16)12(10-13)7-6-11-4-2-1-3-5-11;1-2-13(14)15-12-9-5-7-10-6-3-4-8-11(10)12/h1-10H,15-16H2;2-9H,1H2. The number of anilines is 2. The van der Waals surface area contributed by atoms with Gasteiger partial charge < -0.3 is 16.2 Å². The van der Waals surface area contributed by atoms with Crippen LogP contribution in [0, 0.1) is 0 Å². The molecule has 0 spiro atoms. The number of hydrogen-bond acceptors (Lipinski definition) is 4. The minimum atomic E-state index is -0.439. The second-order valence-corrected chi connectivity index (χ2v) is 6.73. The van der Waals surface area contributed by atoms with Crippen molar-refractivity contribution < 1.29 is 9.53 Å². The van der Waals surface area contributed by atoms with Gasteiger partial charge in [0, 0.05) is 22.8 Å². The summed E-state index contributed by atoms with van der Waals surface area (Å²) in [5.74, 6) is 0.129. The lowest BCUT2D eigenvalue weighted by Crippen LogP contribution is -2.03. The van der Waals surface area contributed by atoms with E-state index in [0.717, 1.165) is 39.4 Å². The number of rotatable bonds is 4. The Morgan fingerprint density at radius 3 is 2.29 bits per heavy atom. The summed E-state index contributed by atoms with van der Waals surface area (Å²) in [5.41, 5.74) is 15.1. The molecule has 0 aliphatic heterocycles. The van der Waals surface area contributed by atoms with E-state index in [0.29, 0.717) is 5.75 Å². The van der Waals surface area contributed by atoms with Gasteiger partial charge in [-0.3, -0.25) is 0 Å². The second kappa shape index (κ2) is 10.5. The first-order valence-corrected chi connectivity index (χ1v) is 9.77. The summed E-state index contributed by atoms with van der Waals surface area (Å²) in [5, 5.41) is 1.97. The van der Waals surface area contributed by atoms with Gasteiger partial charge in [0.1, 0.15) is 5.75 Å². The van der Waals surface area contributed by atoms with Gasteiger partial charge in [-0.05, 0) is 40.8 Å². The van der Waals surface area contributed by atoms with Crippen molar-refractivity contribution >= 4 is 40.3 Å². The molecule has 0 amide bonds. The fourth-order valence-electron chi connectivity index (χ4n) is 2.92. The molecule has 0 atom stereocenters. The predicted octanol–water partition coefficient (Wildman–Crippen LogP) is 5.95. The highest BCUT2D eigenvalue weighted by Crippen LogP contribution is 2.25. The number of ether oxygens (including phenoxy) is 1. The van der Waals surface area contributed by atoms with Crippen molar-refractivity contribution in [1.29, 1.82) is 0 Å². The summed E-state index contributed by atoms with van der Waals surface area (Å²) in [7, 11) is 0. The Balaban J connectivity index is 0.000000176. The summed E-state index contributed by atoms with van der Waals surface area (Å²) in [6.45, 7) is 3.36. The molecule has 154 valence electrons. The molecule has 4 aromatic carbocycles. The SMILES string of the molecule is C=CC(=O)Oc1cccc2ccccc12.Nc1ccc(N)c(C=Cc2ccccc2)c1. The zero-order valence-electron chi connectivity index (χ0n) is 17.1. The molecule has 4 nitrogen and oxygen atoms in total. The third-order valence-electron chi connectivity index (χ3n) is 4.49. The lowest BCUT2D eigenvalue weighted by atomic mass is 10.1. The molecule has 4 aromatic rings. The summed E-state index contributed by atoms with van der Waals surface area (Å²) < 4.78 is 5.12. The first-order chi connectivity index (χ1) is 15.1. The first-order valence-electron chi connectivity index (χ1n) is 9.77. The van der Waals surface area contributed by atoms with Crippen LogP contribution in [0.2, 0.25) is 0 Å². The number of benzene rings is 4. The summed E-state index contributed by atoms with van der Waals surface area (Å²) in [6.07, 6.45) is 5.15. The van der Waals surface area contributed by atoms with E-state index < -0.39 is 5.97 Å². The Bertz CT molecular complexity index is 1210. The lowest BCUT2D eigenvalue weighted by Gasteiger charge is -2.05. The minimum Gasteiger partial charge on any atom is -0.423 e. The molecule has 0 radical (unpaired) electrons. The Morgan fingerprint density at radius 1 is 0.806 bits per heavy atom. The van der Waals surface area contributed by atoms with Gasteiger partial charge in [-0.2, -0.15) is 0 Å². The van der Waals surface area contributed by atoms with Crippen molar-refractivity contribution in [2.75, 3.05) is 11.5 Å². The Hall–Kier alpha value is -4.31. The quantitative estimate of drug-likeness (QED) is 0.144. The lowest BCUT2D eigenvalue weighted by molar-refractivity contribution is -0.128. The Morgan fingerprint density at radius 2 is 1.52 bits per heavy atom. The fourth-order valence-corrected chi connectivity index (χ4v) is 2.92. The summed E-state index contributed by atoms with van der Waals surface area (Å²) in [6, 6.07) is 28.9. The van der Waals surface area contributed by atoms with E-state index in [-0.39, 0.29) is 0 Å². The molecule has 31 heavy (non-hydrogen) atoms. The number of carbonyl (C=O) groups excluding carboxylic acids is 1. The zero-order valence-corrected chi connectivity index (χ0v) is 17.1. The third kappa shape index (κ3) is 6.08.